The van der Waals surface area contributed by atoms with Crippen LogP contribution in [-0.2, 0) is 11.2 Å². The Labute approximate surface area is 135 Å². The highest BCUT2D eigenvalue weighted by molar-refractivity contribution is 5.98. The van der Waals surface area contributed by atoms with Crippen LogP contribution in [0.1, 0.15) is 23.2 Å². The normalized spacial score (nSPS) is 17.0. The lowest BCUT2D eigenvalue weighted by Crippen LogP contribution is -2.47. The number of carbonyl (C=O) groups is 1. The molecule has 0 bridgehead atoms. The number of hydrogen-bond donors (Lipinski definition) is 2. The van der Waals surface area contributed by atoms with Crippen molar-refractivity contribution in [2.45, 2.75) is 18.9 Å². The quantitative estimate of drug-likeness (QED) is 0.472. The van der Waals surface area contributed by atoms with Crippen LogP contribution < -0.4 is 16.2 Å². The van der Waals surface area contributed by atoms with Crippen LogP contribution in [0.3, 0.4) is 0 Å². The monoisotopic (exact) mass is 306 g/mol. The number of anilines is 1. The minimum absolute atomic E-state index is 0.0268. The molecule has 2 aromatic rings. The van der Waals surface area contributed by atoms with Crippen molar-refractivity contribution in [3.63, 3.8) is 0 Å². The number of amides is 1. The first-order chi connectivity index (χ1) is 11.2. The number of aromatic nitrogens is 1. The van der Waals surface area contributed by atoms with Gasteiger partial charge in [-0.05, 0) is 48.6 Å². The Bertz CT molecular complexity index is 777. The lowest BCUT2D eigenvalue weighted by atomic mass is 10.0. The second kappa shape index (κ2) is 6.61. The molecule has 0 saturated carbocycles. The van der Waals surface area contributed by atoms with Crippen LogP contribution in [0.2, 0.25) is 0 Å². The van der Waals surface area contributed by atoms with Crippen LogP contribution in [0, 0.1) is 11.8 Å². The number of nitrogens with two attached hydrogens (primary N) is 1. The Kier molecular flexibility index (Phi) is 4.38. The molecular weight excluding hydrogens is 288 g/mol. The molecule has 0 fully saturated rings. The standard InChI is InChI=1S/C18H18N4O/c1-22-17-12-13(6-9-15-4-2-3-11-20-15)5-7-14(17)8-10-16(21-19)18(22)23/h2-5,7,11-12,16,21H,8,10,19H2,1H3/t16-/m0/s1. The van der Waals surface area contributed by atoms with E-state index in [1.165, 1.54) is 0 Å². The van der Waals surface area contributed by atoms with E-state index in [0.717, 1.165) is 28.9 Å². The number of benzene rings is 1. The van der Waals surface area contributed by atoms with E-state index in [0.29, 0.717) is 6.42 Å². The average Bonchev–Trinajstić information content (AvgIpc) is 2.71. The first kappa shape index (κ1) is 15.2. The van der Waals surface area contributed by atoms with Gasteiger partial charge in [0, 0.05) is 24.5 Å². The molecule has 1 aliphatic heterocycles. The maximum Gasteiger partial charge on any atom is 0.245 e. The Morgan fingerprint density at radius 2 is 2.17 bits per heavy atom. The van der Waals surface area contributed by atoms with Gasteiger partial charge in [-0.3, -0.25) is 10.6 Å². The fourth-order valence-corrected chi connectivity index (χ4v) is 2.67. The highest BCUT2D eigenvalue weighted by Crippen LogP contribution is 2.27. The number of nitrogens with one attached hydrogen (secondary N) is 1. The van der Waals surface area contributed by atoms with Crippen molar-refractivity contribution in [3.8, 4) is 11.8 Å². The van der Waals surface area contributed by atoms with Crippen LogP contribution in [0.5, 0.6) is 0 Å². The summed E-state index contributed by atoms with van der Waals surface area (Å²) in [5.74, 6) is 11.6. The minimum Gasteiger partial charge on any atom is -0.314 e. The summed E-state index contributed by atoms with van der Waals surface area (Å²) in [5, 5.41) is 0. The van der Waals surface area contributed by atoms with Crippen molar-refractivity contribution in [1.82, 2.24) is 10.4 Å². The van der Waals surface area contributed by atoms with Gasteiger partial charge in [-0.15, -0.1) is 0 Å². The molecule has 0 radical (unpaired) electrons. The topological polar surface area (TPSA) is 71.2 Å². The molecule has 1 atom stereocenters. The third-order valence-corrected chi connectivity index (χ3v) is 3.98. The van der Waals surface area contributed by atoms with Gasteiger partial charge in [0.15, 0.2) is 0 Å². The number of likely N-dealkylation sites (N-methyl/N-ethyl adjacent to an activating group) is 1. The first-order valence-electron chi connectivity index (χ1n) is 7.48. The van der Waals surface area contributed by atoms with Gasteiger partial charge in [0.1, 0.15) is 11.7 Å². The Morgan fingerprint density at radius 1 is 1.30 bits per heavy atom. The molecule has 1 aromatic heterocycles. The second-order valence-electron chi connectivity index (χ2n) is 5.46. The zero-order chi connectivity index (χ0) is 16.2. The van der Waals surface area contributed by atoms with Crippen molar-refractivity contribution in [2.75, 3.05) is 11.9 Å². The summed E-state index contributed by atoms with van der Waals surface area (Å²) >= 11 is 0. The molecule has 1 amide bonds. The number of nitrogens with zero attached hydrogens (tertiary/aromatic N) is 2. The van der Waals surface area contributed by atoms with Gasteiger partial charge in [0.25, 0.3) is 0 Å². The Balaban J connectivity index is 1.92. The van der Waals surface area contributed by atoms with E-state index in [2.05, 4.69) is 22.3 Å². The van der Waals surface area contributed by atoms with Gasteiger partial charge in [0.2, 0.25) is 5.91 Å². The molecule has 1 aliphatic rings. The summed E-state index contributed by atoms with van der Waals surface area (Å²) in [7, 11) is 1.77. The number of carbonyl (C=O) groups excluding carboxylic acids is 1. The van der Waals surface area contributed by atoms with Crippen molar-refractivity contribution in [2.24, 2.45) is 5.84 Å². The number of aryl methyl sites for hydroxylation is 1. The predicted molar refractivity (Wildman–Crippen MR) is 89.5 cm³/mol. The number of hydrogen-bond acceptors (Lipinski definition) is 4. The van der Waals surface area contributed by atoms with Crippen molar-refractivity contribution < 1.29 is 4.79 Å². The smallest absolute Gasteiger partial charge is 0.245 e. The van der Waals surface area contributed by atoms with E-state index < -0.39 is 0 Å². The molecule has 1 aromatic carbocycles. The number of fused-ring (bicyclic) bond motifs is 1. The van der Waals surface area contributed by atoms with Crippen LogP contribution in [-0.4, -0.2) is 24.0 Å². The van der Waals surface area contributed by atoms with Crippen molar-refractivity contribution in [3.05, 3.63) is 59.4 Å². The van der Waals surface area contributed by atoms with Gasteiger partial charge >= 0.3 is 0 Å². The van der Waals surface area contributed by atoms with E-state index in [-0.39, 0.29) is 11.9 Å². The average molecular weight is 306 g/mol. The zero-order valence-electron chi connectivity index (χ0n) is 12.9. The molecule has 5 nitrogen and oxygen atoms in total. The Hall–Kier alpha value is -2.68. The van der Waals surface area contributed by atoms with E-state index >= 15 is 0 Å². The van der Waals surface area contributed by atoms with E-state index in [4.69, 9.17) is 5.84 Å². The lowest BCUT2D eigenvalue weighted by molar-refractivity contribution is -0.120. The van der Waals surface area contributed by atoms with Crippen molar-refractivity contribution in [1.29, 1.82) is 0 Å². The molecule has 3 N–H and O–H groups in total. The van der Waals surface area contributed by atoms with Crippen LogP contribution in [0.15, 0.2) is 42.6 Å². The summed E-state index contributed by atoms with van der Waals surface area (Å²) in [4.78, 5) is 18.2. The molecule has 3 rings (SSSR count). The molecular formula is C18H18N4O. The molecule has 0 spiro atoms. The van der Waals surface area contributed by atoms with Crippen LogP contribution in [0.4, 0.5) is 5.69 Å². The second-order valence-corrected chi connectivity index (χ2v) is 5.46. The van der Waals surface area contributed by atoms with E-state index in [9.17, 15) is 4.79 Å². The molecule has 116 valence electrons. The SMILES string of the molecule is CN1C(=O)[C@@H](NN)CCc2ccc(C#Cc3ccccn3)cc21. The number of rotatable bonds is 1. The maximum absolute atomic E-state index is 12.4. The molecule has 5 heteroatoms. The van der Waals surface area contributed by atoms with Gasteiger partial charge < -0.3 is 4.90 Å². The van der Waals surface area contributed by atoms with Crippen LogP contribution in [0.25, 0.3) is 0 Å². The van der Waals surface area contributed by atoms with Gasteiger partial charge in [-0.1, -0.05) is 18.1 Å². The molecule has 0 saturated heterocycles. The number of hydrazine groups is 1. The van der Waals surface area contributed by atoms with Gasteiger partial charge in [-0.25, -0.2) is 10.4 Å². The third kappa shape index (κ3) is 3.24. The fraction of sp³-hybridized carbons (Fsp3) is 0.222. The summed E-state index contributed by atoms with van der Waals surface area (Å²) < 4.78 is 0. The van der Waals surface area contributed by atoms with Gasteiger partial charge in [-0.2, -0.15) is 0 Å². The number of pyridine rings is 1. The molecule has 2 heterocycles. The van der Waals surface area contributed by atoms with E-state index in [1.807, 2.05) is 36.4 Å². The molecule has 0 aliphatic carbocycles. The summed E-state index contributed by atoms with van der Waals surface area (Å²) in [6.07, 6.45) is 3.20. The minimum atomic E-state index is -0.351. The predicted octanol–water partition coefficient (Wildman–Crippen LogP) is 1.22. The summed E-state index contributed by atoms with van der Waals surface area (Å²) in [6, 6.07) is 11.2. The fourth-order valence-electron chi connectivity index (χ4n) is 2.67. The zero-order valence-corrected chi connectivity index (χ0v) is 12.9. The largest absolute Gasteiger partial charge is 0.314 e. The van der Waals surface area contributed by atoms with Crippen molar-refractivity contribution >= 4 is 11.6 Å². The first-order valence-corrected chi connectivity index (χ1v) is 7.48. The Morgan fingerprint density at radius 3 is 2.91 bits per heavy atom. The van der Waals surface area contributed by atoms with Gasteiger partial charge in [0.05, 0.1) is 0 Å². The highest BCUT2D eigenvalue weighted by Gasteiger charge is 2.27. The summed E-state index contributed by atoms with van der Waals surface area (Å²) in [6.45, 7) is 0. The maximum atomic E-state index is 12.4. The molecule has 0 unspecified atom stereocenters. The summed E-state index contributed by atoms with van der Waals surface area (Å²) in [5.41, 5.74) is 6.19. The molecule has 23 heavy (non-hydrogen) atoms. The third-order valence-electron chi connectivity index (χ3n) is 3.98. The van der Waals surface area contributed by atoms with Crippen LogP contribution >= 0.6 is 0 Å². The van der Waals surface area contributed by atoms with E-state index in [1.54, 1.807) is 18.1 Å². The lowest BCUT2D eigenvalue weighted by Gasteiger charge is -2.21. The highest BCUT2D eigenvalue weighted by atomic mass is 16.2.